The summed E-state index contributed by atoms with van der Waals surface area (Å²) in [6, 6.07) is 16.5. The number of H-pyrrole nitrogens is 1. The van der Waals surface area contributed by atoms with Crippen LogP contribution in [0.4, 0.5) is 11.5 Å². The fourth-order valence-electron chi connectivity index (χ4n) is 6.01. The zero-order valence-electron chi connectivity index (χ0n) is 29.8. The normalized spacial score (nSPS) is 12.3. The Balaban J connectivity index is 0.000000186. The van der Waals surface area contributed by atoms with Crippen molar-refractivity contribution in [3.8, 4) is 0 Å². The van der Waals surface area contributed by atoms with E-state index in [0.29, 0.717) is 56.5 Å². The number of benzene rings is 1. The predicted molar refractivity (Wildman–Crippen MR) is 198 cm³/mol. The molecule has 0 spiro atoms. The Bertz CT molecular complexity index is 2630. The summed E-state index contributed by atoms with van der Waals surface area (Å²) in [5.74, 6) is 0.103. The minimum Gasteiger partial charge on any atom is -0.349 e. The molecule has 0 saturated heterocycles. The number of aromatic amines is 1. The Morgan fingerprint density at radius 2 is 1.38 bits per heavy atom. The number of anilines is 2. The predicted octanol–water partition coefficient (Wildman–Crippen LogP) is 5.18. The van der Waals surface area contributed by atoms with Gasteiger partial charge in [-0.15, -0.1) is 0 Å². The summed E-state index contributed by atoms with van der Waals surface area (Å²) in [4.78, 5) is 65.4. The maximum Gasteiger partial charge on any atom is 0.275 e. The molecule has 53 heavy (non-hydrogen) atoms. The van der Waals surface area contributed by atoms with Gasteiger partial charge >= 0.3 is 0 Å². The van der Waals surface area contributed by atoms with E-state index >= 15 is 0 Å². The first-order chi connectivity index (χ1) is 25.5. The molecule has 6 aromatic heterocycles. The average Bonchev–Trinajstić information content (AvgIpc) is 3.80. The van der Waals surface area contributed by atoms with Crippen molar-refractivity contribution in [2.45, 2.75) is 53.5 Å². The number of aryl methyl sites for hydroxylation is 5. The second kappa shape index (κ2) is 14.1. The Hall–Kier alpha value is -6.83. The molecule has 1 saturated carbocycles. The number of aromatic nitrogens is 8. The number of fused-ring (bicyclic) bond motifs is 2. The summed E-state index contributed by atoms with van der Waals surface area (Å²) in [6.07, 6.45) is 8.08. The van der Waals surface area contributed by atoms with Gasteiger partial charge < -0.3 is 15.6 Å². The molecule has 0 atom stereocenters. The number of hydrogen-bond donors (Lipinski definition) is 3. The van der Waals surface area contributed by atoms with Gasteiger partial charge in [-0.3, -0.25) is 19.2 Å². The average molecular weight is 709 g/mol. The molecule has 7 aromatic rings. The largest absolute Gasteiger partial charge is 0.349 e. The topological polar surface area (TPSA) is 181 Å². The number of carbonyl (C=O) groups excluding carboxylic acids is 3. The molecule has 1 aliphatic carbocycles. The molecular formula is C39H36N10O4. The van der Waals surface area contributed by atoms with Gasteiger partial charge in [0.05, 0.1) is 0 Å². The molecule has 14 heteroatoms. The highest BCUT2D eigenvalue weighted by atomic mass is 16.2. The molecule has 0 radical (unpaired) electrons. The lowest BCUT2D eigenvalue weighted by atomic mass is 10.1. The van der Waals surface area contributed by atoms with Gasteiger partial charge in [-0.05, 0) is 101 Å². The van der Waals surface area contributed by atoms with Crippen molar-refractivity contribution < 1.29 is 14.4 Å². The first-order valence-corrected chi connectivity index (χ1v) is 17.0. The highest BCUT2D eigenvalue weighted by molar-refractivity contribution is 6.10. The van der Waals surface area contributed by atoms with Crippen LogP contribution in [0.25, 0.3) is 11.0 Å². The van der Waals surface area contributed by atoms with Crippen LogP contribution in [0.5, 0.6) is 0 Å². The first kappa shape index (κ1) is 34.6. The first-order valence-electron chi connectivity index (χ1n) is 17.0. The molecule has 3 N–H and O–H groups in total. The summed E-state index contributed by atoms with van der Waals surface area (Å²) >= 11 is 0. The summed E-state index contributed by atoms with van der Waals surface area (Å²) in [7, 11) is 0. The molecule has 0 unspecified atom stereocenters. The minimum absolute atomic E-state index is 0.0780. The zero-order chi connectivity index (χ0) is 37.4. The van der Waals surface area contributed by atoms with Gasteiger partial charge in [0.2, 0.25) is 11.6 Å². The van der Waals surface area contributed by atoms with Gasteiger partial charge in [0.1, 0.15) is 35.1 Å². The second-order valence-corrected chi connectivity index (χ2v) is 13.0. The third-order valence-electron chi connectivity index (χ3n) is 9.06. The maximum atomic E-state index is 13.1. The van der Waals surface area contributed by atoms with Gasteiger partial charge in [-0.1, -0.05) is 18.2 Å². The highest BCUT2D eigenvalue weighted by Gasteiger charge is 2.25. The lowest BCUT2D eigenvalue weighted by Crippen LogP contribution is -2.25. The summed E-state index contributed by atoms with van der Waals surface area (Å²) < 4.78 is 3.06. The lowest BCUT2D eigenvalue weighted by molar-refractivity contribution is 0.0949. The quantitative estimate of drug-likeness (QED) is 0.178. The number of ketones is 2. The van der Waals surface area contributed by atoms with Crippen molar-refractivity contribution in [2.75, 3.05) is 5.32 Å². The van der Waals surface area contributed by atoms with Gasteiger partial charge in [0.15, 0.2) is 5.82 Å². The molecule has 266 valence electrons. The number of hydrogen-bond acceptors (Lipinski definition) is 10. The smallest absolute Gasteiger partial charge is 0.275 e. The van der Waals surface area contributed by atoms with Crippen molar-refractivity contribution in [3.63, 3.8) is 0 Å². The monoisotopic (exact) mass is 708 g/mol. The molecule has 6 heterocycles. The minimum atomic E-state index is -0.270. The van der Waals surface area contributed by atoms with Crippen LogP contribution in [0.1, 0.15) is 83.4 Å². The van der Waals surface area contributed by atoms with Crippen LogP contribution in [-0.2, 0) is 0 Å². The van der Waals surface area contributed by atoms with Gasteiger partial charge in [0.25, 0.3) is 11.5 Å². The highest BCUT2D eigenvalue weighted by Crippen LogP contribution is 2.29. The van der Waals surface area contributed by atoms with E-state index in [9.17, 15) is 19.2 Å². The van der Waals surface area contributed by atoms with Crippen LogP contribution in [0.15, 0.2) is 84.4 Å². The SMILES string of the molecule is Cc1cccc(C(=O)c2cn3nc[nH]c(=O)c3c2C)n1.Cc1cccc(C(=O)c2cn3ncnc(Nc4cc(C(=O)NC5CC5)ccc4C)c3c2C)n1. The Kier molecular flexibility index (Phi) is 9.18. The number of nitrogens with one attached hydrogen (secondary N) is 3. The van der Waals surface area contributed by atoms with Gasteiger partial charge in [-0.25, -0.2) is 24.0 Å². The summed E-state index contributed by atoms with van der Waals surface area (Å²) in [5, 5.41) is 14.7. The number of pyridine rings is 2. The fraction of sp³-hybridized carbons (Fsp3) is 0.205. The number of amides is 1. The third kappa shape index (κ3) is 7.06. The Morgan fingerprint density at radius 3 is 1.96 bits per heavy atom. The fourth-order valence-corrected chi connectivity index (χ4v) is 6.01. The van der Waals surface area contributed by atoms with Crippen molar-refractivity contribution in [1.29, 1.82) is 0 Å². The van der Waals surface area contributed by atoms with Crippen molar-refractivity contribution >= 4 is 40.0 Å². The molecule has 0 bridgehead atoms. The lowest BCUT2D eigenvalue weighted by Gasteiger charge is -2.12. The van der Waals surface area contributed by atoms with Crippen molar-refractivity contribution in [2.24, 2.45) is 0 Å². The Morgan fingerprint density at radius 1 is 0.774 bits per heavy atom. The Labute approximate surface area is 303 Å². The molecule has 1 amide bonds. The molecule has 0 aliphatic heterocycles. The third-order valence-corrected chi connectivity index (χ3v) is 9.06. The van der Waals surface area contributed by atoms with Crippen molar-refractivity contribution in [3.05, 3.63) is 146 Å². The van der Waals surface area contributed by atoms with E-state index in [1.54, 1.807) is 42.0 Å². The van der Waals surface area contributed by atoms with E-state index in [1.807, 2.05) is 64.1 Å². The molecule has 1 fully saturated rings. The molecular weight excluding hydrogens is 672 g/mol. The molecule has 8 rings (SSSR count). The molecule has 14 nitrogen and oxygen atoms in total. The van der Waals surface area contributed by atoms with Crippen LogP contribution in [-0.4, -0.2) is 62.7 Å². The van der Waals surface area contributed by atoms with E-state index in [2.05, 4.69) is 40.8 Å². The van der Waals surface area contributed by atoms with E-state index in [1.165, 1.54) is 17.2 Å². The van der Waals surface area contributed by atoms with E-state index in [4.69, 9.17) is 0 Å². The summed E-state index contributed by atoms with van der Waals surface area (Å²) in [5.41, 5.74) is 7.76. The van der Waals surface area contributed by atoms with E-state index in [-0.39, 0.29) is 23.0 Å². The standard InChI is InChI=1S/C25H24N6O2.C14H12N4O2/c1-14-7-8-17(25(33)29-18-9-10-18)11-21(14)30-24-22-16(3)19(12-31(22)27-13-26-24)23(32)20-6-4-5-15(2)28-20;1-8-4-3-5-11(17-8)13(19)10-6-18-12(9(10)2)14(20)15-7-16-18/h4-8,11-13,18H,9-10H2,1-3H3,(H,29,33)(H,26,27,30);3-7H,1-2H3,(H,15,16,20). The van der Waals surface area contributed by atoms with E-state index in [0.717, 1.165) is 41.0 Å². The molecule has 1 aliphatic rings. The van der Waals surface area contributed by atoms with E-state index < -0.39 is 0 Å². The van der Waals surface area contributed by atoms with Crippen LogP contribution in [0.2, 0.25) is 0 Å². The van der Waals surface area contributed by atoms with Crippen LogP contribution in [0.3, 0.4) is 0 Å². The summed E-state index contributed by atoms with van der Waals surface area (Å²) in [6.45, 7) is 9.25. The van der Waals surface area contributed by atoms with Crippen LogP contribution in [0, 0.1) is 34.6 Å². The van der Waals surface area contributed by atoms with Crippen LogP contribution < -0.4 is 16.2 Å². The maximum absolute atomic E-state index is 13.1. The van der Waals surface area contributed by atoms with Gasteiger partial charge in [-0.2, -0.15) is 10.2 Å². The zero-order valence-corrected chi connectivity index (χ0v) is 29.8. The number of rotatable bonds is 8. The van der Waals surface area contributed by atoms with Crippen molar-refractivity contribution in [1.82, 2.24) is 44.5 Å². The molecule has 1 aromatic carbocycles. The van der Waals surface area contributed by atoms with Gasteiger partial charge in [0, 0.05) is 52.2 Å². The number of carbonyl (C=O) groups is 3. The van der Waals surface area contributed by atoms with Crippen LogP contribution >= 0.6 is 0 Å². The second-order valence-electron chi connectivity index (χ2n) is 13.0. The number of nitrogens with zero attached hydrogens (tertiary/aromatic N) is 7.